The second kappa shape index (κ2) is 6.09. The van der Waals surface area contributed by atoms with E-state index in [1.807, 2.05) is 0 Å². The Morgan fingerprint density at radius 3 is 2.44 bits per heavy atom. The molecule has 90 valence electrons. The molecule has 1 aliphatic carbocycles. The van der Waals surface area contributed by atoms with Crippen molar-refractivity contribution in [2.24, 2.45) is 5.11 Å². The molecule has 0 aromatic rings. The summed E-state index contributed by atoms with van der Waals surface area (Å²) < 4.78 is 0. The second-order valence-electron chi connectivity index (χ2n) is 4.77. The molecule has 0 aromatic carbocycles. The van der Waals surface area contributed by atoms with Crippen LogP contribution in [0, 0.1) is 0 Å². The lowest BCUT2D eigenvalue weighted by Gasteiger charge is -2.37. The molecule has 16 heavy (non-hydrogen) atoms. The molecule has 0 radical (unpaired) electrons. The molecular weight excluding hydrogens is 202 g/mol. The molecule has 1 heterocycles. The molecule has 0 spiro atoms. The van der Waals surface area contributed by atoms with Crippen LogP contribution in [0.25, 0.3) is 10.4 Å². The van der Waals surface area contributed by atoms with Gasteiger partial charge in [0.2, 0.25) is 0 Å². The fourth-order valence-electron chi connectivity index (χ4n) is 2.85. The molecule has 5 nitrogen and oxygen atoms in total. The third kappa shape index (κ3) is 3.11. The van der Waals surface area contributed by atoms with Crippen molar-refractivity contribution in [3.8, 4) is 0 Å². The minimum Gasteiger partial charge on any atom is -0.301 e. The van der Waals surface area contributed by atoms with Crippen molar-refractivity contribution in [2.75, 3.05) is 39.3 Å². The van der Waals surface area contributed by atoms with Gasteiger partial charge >= 0.3 is 0 Å². The molecule has 1 saturated carbocycles. The maximum absolute atomic E-state index is 8.21. The largest absolute Gasteiger partial charge is 0.301 e. The van der Waals surface area contributed by atoms with Gasteiger partial charge in [0, 0.05) is 50.2 Å². The van der Waals surface area contributed by atoms with E-state index in [4.69, 9.17) is 5.53 Å². The summed E-state index contributed by atoms with van der Waals surface area (Å²) in [5.41, 5.74) is 8.21. The first kappa shape index (κ1) is 11.7. The quantitative estimate of drug-likeness (QED) is 0.415. The highest BCUT2D eigenvalue weighted by Gasteiger charge is 2.25. The zero-order chi connectivity index (χ0) is 11.2. The summed E-state index contributed by atoms with van der Waals surface area (Å²) in [6.07, 6.45) is 5.64. The number of azide groups is 1. The van der Waals surface area contributed by atoms with E-state index in [9.17, 15) is 0 Å². The second-order valence-corrected chi connectivity index (χ2v) is 4.77. The van der Waals surface area contributed by atoms with Gasteiger partial charge < -0.3 is 4.90 Å². The fourth-order valence-corrected chi connectivity index (χ4v) is 2.85. The number of hydrogen-bond donors (Lipinski definition) is 0. The third-order valence-corrected chi connectivity index (χ3v) is 3.83. The molecular formula is C11H21N5. The van der Waals surface area contributed by atoms with Gasteiger partial charge in [-0.25, -0.2) is 0 Å². The Hall–Kier alpha value is -0.770. The molecule has 5 heteroatoms. The zero-order valence-corrected chi connectivity index (χ0v) is 9.88. The normalized spacial score (nSPS) is 24.5. The smallest absolute Gasteiger partial charge is 0.0385 e. The Balaban J connectivity index is 1.67. The highest BCUT2D eigenvalue weighted by atomic mass is 15.3. The van der Waals surface area contributed by atoms with Crippen LogP contribution in [0.5, 0.6) is 0 Å². The molecule has 0 bridgehead atoms. The Morgan fingerprint density at radius 2 is 1.81 bits per heavy atom. The predicted molar refractivity (Wildman–Crippen MR) is 64.3 cm³/mol. The predicted octanol–water partition coefficient (Wildman–Crippen LogP) is 1.86. The van der Waals surface area contributed by atoms with Crippen molar-refractivity contribution in [3.05, 3.63) is 10.4 Å². The third-order valence-electron chi connectivity index (χ3n) is 3.83. The first-order valence-corrected chi connectivity index (χ1v) is 6.37. The SMILES string of the molecule is [N-]=[N+]=NCCN1CCN(C2CCCC2)CC1. The summed E-state index contributed by atoms with van der Waals surface area (Å²) in [6.45, 7) is 6.19. The standard InChI is InChI=1S/C11H21N5/c12-14-13-5-6-15-7-9-16(10-8-15)11-3-1-2-4-11/h11H,1-10H2. The molecule has 0 aromatic heterocycles. The molecule has 2 aliphatic rings. The van der Waals surface area contributed by atoms with Crippen molar-refractivity contribution < 1.29 is 0 Å². The molecule has 0 N–H and O–H groups in total. The van der Waals surface area contributed by atoms with Crippen LogP contribution in [0.15, 0.2) is 5.11 Å². The van der Waals surface area contributed by atoms with Crippen LogP contribution in [-0.4, -0.2) is 55.1 Å². The van der Waals surface area contributed by atoms with Crippen LogP contribution in [-0.2, 0) is 0 Å². The van der Waals surface area contributed by atoms with Crippen molar-refractivity contribution in [2.45, 2.75) is 31.7 Å². The Kier molecular flexibility index (Phi) is 4.45. The monoisotopic (exact) mass is 223 g/mol. The van der Waals surface area contributed by atoms with E-state index < -0.39 is 0 Å². The van der Waals surface area contributed by atoms with E-state index in [0.717, 1.165) is 25.7 Å². The van der Waals surface area contributed by atoms with Gasteiger partial charge in [0.15, 0.2) is 0 Å². The van der Waals surface area contributed by atoms with E-state index in [-0.39, 0.29) is 0 Å². The highest BCUT2D eigenvalue weighted by Crippen LogP contribution is 2.24. The van der Waals surface area contributed by atoms with Crippen LogP contribution in [0.2, 0.25) is 0 Å². The van der Waals surface area contributed by atoms with Crippen molar-refractivity contribution in [1.82, 2.24) is 9.80 Å². The molecule has 0 amide bonds. The van der Waals surface area contributed by atoms with Gasteiger partial charge in [-0.3, -0.25) is 4.90 Å². The van der Waals surface area contributed by atoms with E-state index in [0.29, 0.717) is 6.54 Å². The maximum atomic E-state index is 8.21. The van der Waals surface area contributed by atoms with Gasteiger partial charge in [-0.15, -0.1) is 0 Å². The fraction of sp³-hybridized carbons (Fsp3) is 1.00. The zero-order valence-electron chi connectivity index (χ0n) is 9.88. The van der Waals surface area contributed by atoms with Crippen molar-refractivity contribution >= 4 is 0 Å². The lowest BCUT2D eigenvalue weighted by atomic mass is 10.2. The Morgan fingerprint density at radius 1 is 1.12 bits per heavy atom. The van der Waals surface area contributed by atoms with E-state index in [1.165, 1.54) is 38.8 Å². The maximum Gasteiger partial charge on any atom is 0.0385 e. The van der Waals surface area contributed by atoms with Crippen LogP contribution in [0.1, 0.15) is 25.7 Å². The number of piperazine rings is 1. The molecule has 0 atom stereocenters. The van der Waals surface area contributed by atoms with Gasteiger partial charge in [-0.2, -0.15) is 0 Å². The van der Waals surface area contributed by atoms with Gasteiger partial charge in [-0.1, -0.05) is 18.0 Å². The summed E-state index contributed by atoms with van der Waals surface area (Å²) in [5.74, 6) is 0. The summed E-state index contributed by atoms with van der Waals surface area (Å²) >= 11 is 0. The molecule has 1 aliphatic heterocycles. The van der Waals surface area contributed by atoms with Crippen LogP contribution >= 0.6 is 0 Å². The Bertz CT molecular complexity index is 247. The lowest BCUT2D eigenvalue weighted by molar-refractivity contribution is 0.0999. The minimum atomic E-state index is 0.611. The summed E-state index contributed by atoms with van der Waals surface area (Å²) in [7, 11) is 0. The molecule has 1 saturated heterocycles. The van der Waals surface area contributed by atoms with Gasteiger partial charge in [-0.05, 0) is 18.4 Å². The average Bonchev–Trinajstić information content (AvgIpc) is 2.84. The van der Waals surface area contributed by atoms with Gasteiger partial charge in [0.05, 0.1) is 0 Å². The summed E-state index contributed by atoms with van der Waals surface area (Å²) in [5, 5.41) is 3.59. The van der Waals surface area contributed by atoms with Crippen molar-refractivity contribution in [1.29, 1.82) is 0 Å². The first-order chi connectivity index (χ1) is 7.90. The minimum absolute atomic E-state index is 0.611. The number of hydrogen-bond acceptors (Lipinski definition) is 3. The number of rotatable bonds is 4. The van der Waals surface area contributed by atoms with Gasteiger partial charge in [0.1, 0.15) is 0 Å². The van der Waals surface area contributed by atoms with Crippen LogP contribution in [0.3, 0.4) is 0 Å². The topological polar surface area (TPSA) is 55.2 Å². The molecule has 0 unspecified atom stereocenters. The molecule has 2 fully saturated rings. The van der Waals surface area contributed by atoms with E-state index in [2.05, 4.69) is 19.8 Å². The highest BCUT2D eigenvalue weighted by molar-refractivity contribution is 4.82. The first-order valence-electron chi connectivity index (χ1n) is 6.37. The average molecular weight is 223 g/mol. The van der Waals surface area contributed by atoms with Crippen LogP contribution < -0.4 is 0 Å². The lowest BCUT2D eigenvalue weighted by Crippen LogP contribution is -2.50. The van der Waals surface area contributed by atoms with Gasteiger partial charge in [0.25, 0.3) is 0 Å². The number of nitrogens with zero attached hydrogens (tertiary/aromatic N) is 5. The van der Waals surface area contributed by atoms with Crippen LogP contribution in [0.4, 0.5) is 0 Å². The van der Waals surface area contributed by atoms with Crippen molar-refractivity contribution in [3.63, 3.8) is 0 Å². The summed E-state index contributed by atoms with van der Waals surface area (Å²) in [6, 6.07) is 0.860. The summed E-state index contributed by atoms with van der Waals surface area (Å²) in [4.78, 5) is 7.84. The Labute approximate surface area is 97.0 Å². The molecule has 2 rings (SSSR count). The van der Waals surface area contributed by atoms with E-state index >= 15 is 0 Å². The van der Waals surface area contributed by atoms with E-state index in [1.54, 1.807) is 0 Å².